The molecule has 0 aromatic carbocycles. The maximum atomic E-state index is 5.09. The summed E-state index contributed by atoms with van der Waals surface area (Å²) in [5.41, 5.74) is 0.912. The van der Waals surface area contributed by atoms with Crippen molar-refractivity contribution < 1.29 is 9.26 Å². The van der Waals surface area contributed by atoms with Gasteiger partial charge in [-0.2, -0.15) is 0 Å². The van der Waals surface area contributed by atoms with E-state index in [9.17, 15) is 0 Å². The number of hydrogen-bond donors (Lipinski definition) is 2. The summed E-state index contributed by atoms with van der Waals surface area (Å²) >= 11 is 0. The van der Waals surface area contributed by atoms with E-state index >= 15 is 0 Å². The number of ether oxygens (including phenoxy) is 1. The third-order valence-corrected chi connectivity index (χ3v) is 2.23. The number of hydrogen-bond acceptors (Lipinski definition) is 5. The normalized spacial score (nSPS) is 12.9. The van der Waals surface area contributed by atoms with Crippen molar-refractivity contribution in [3.63, 3.8) is 0 Å². The monoisotopic (exact) mass is 227 g/mol. The topological polar surface area (TPSA) is 59.3 Å². The Bertz CT molecular complexity index is 289. The largest absolute Gasteiger partial charge is 0.377 e. The Hall–Kier alpha value is -0.910. The zero-order valence-corrected chi connectivity index (χ0v) is 10.2. The molecule has 0 bridgehead atoms. The molecule has 92 valence electrons. The number of likely N-dealkylation sites (N-methyl/N-ethyl adjacent to an activating group) is 1. The molecule has 1 heterocycles. The lowest BCUT2D eigenvalue weighted by atomic mass is 10.3. The van der Waals surface area contributed by atoms with Gasteiger partial charge in [0.15, 0.2) is 5.76 Å². The number of rotatable bonds is 8. The van der Waals surface area contributed by atoms with E-state index in [2.05, 4.69) is 29.6 Å². The molecule has 1 atom stereocenters. The Morgan fingerprint density at radius 2 is 2.38 bits per heavy atom. The molecule has 1 unspecified atom stereocenters. The fraction of sp³-hybridized carbons (Fsp3) is 0.727. The summed E-state index contributed by atoms with van der Waals surface area (Å²) in [6.07, 6.45) is 0. The lowest BCUT2D eigenvalue weighted by Crippen LogP contribution is -2.35. The molecule has 0 aliphatic heterocycles. The molecular weight excluding hydrogens is 206 g/mol. The van der Waals surface area contributed by atoms with Gasteiger partial charge in [0, 0.05) is 32.3 Å². The molecular formula is C11H21N3O2. The van der Waals surface area contributed by atoms with E-state index in [1.165, 1.54) is 0 Å². The molecule has 0 aliphatic carbocycles. The van der Waals surface area contributed by atoms with Crippen molar-refractivity contribution >= 4 is 0 Å². The van der Waals surface area contributed by atoms with Crippen LogP contribution in [0.2, 0.25) is 0 Å². The molecule has 0 radical (unpaired) electrons. The molecule has 0 aliphatic rings. The van der Waals surface area contributed by atoms with Gasteiger partial charge in [-0.05, 0) is 13.5 Å². The van der Waals surface area contributed by atoms with Crippen molar-refractivity contribution in [2.24, 2.45) is 0 Å². The highest BCUT2D eigenvalue weighted by atomic mass is 16.5. The van der Waals surface area contributed by atoms with E-state index in [0.717, 1.165) is 31.1 Å². The molecule has 2 N–H and O–H groups in total. The van der Waals surface area contributed by atoms with Crippen LogP contribution in [0.15, 0.2) is 10.6 Å². The van der Waals surface area contributed by atoms with Crippen LogP contribution < -0.4 is 10.6 Å². The zero-order chi connectivity index (χ0) is 11.8. The first-order valence-corrected chi connectivity index (χ1v) is 5.63. The molecule has 16 heavy (non-hydrogen) atoms. The first-order chi connectivity index (χ1) is 7.76. The molecule has 0 saturated heterocycles. The van der Waals surface area contributed by atoms with Gasteiger partial charge in [-0.3, -0.25) is 0 Å². The van der Waals surface area contributed by atoms with Crippen LogP contribution in [0.5, 0.6) is 0 Å². The minimum atomic E-state index is 0.419. The highest BCUT2D eigenvalue weighted by Gasteiger charge is 2.05. The van der Waals surface area contributed by atoms with Crippen molar-refractivity contribution in [2.45, 2.75) is 33.0 Å². The quantitative estimate of drug-likeness (QED) is 0.691. The van der Waals surface area contributed by atoms with Crippen LogP contribution >= 0.6 is 0 Å². The van der Waals surface area contributed by atoms with E-state index in [4.69, 9.17) is 9.26 Å². The van der Waals surface area contributed by atoms with Crippen LogP contribution in [0.3, 0.4) is 0 Å². The summed E-state index contributed by atoms with van der Waals surface area (Å²) in [6.45, 7) is 7.38. The first-order valence-electron chi connectivity index (χ1n) is 5.63. The van der Waals surface area contributed by atoms with Crippen molar-refractivity contribution in [1.29, 1.82) is 0 Å². The molecule has 5 nitrogen and oxygen atoms in total. The summed E-state index contributed by atoms with van der Waals surface area (Å²) in [5, 5.41) is 10.6. The van der Waals surface area contributed by atoms with Gasteiger partial charge in [0.2, 0.25) is 0 Å². The molecule has 0 spiro atoms. The second-order valence-electron chi connectivity index (χ2n) is 3.81. The zero-order valence-electron chi connectivity index (χ0n) is 10.2. The summed E-state index contributed by atoms with van der Waals surface area (Å²) in [6, 6.07) is 2.33. The molecule has 1 aromatic heterocycles. The fourth-order valence-electron chi connectivity index (χ4n) is 1.36. The fourth-order valence-corrected chi connectivity index (χ4v) is 1.36. The van der Waals surface area contributed by atoms with Crippen LogP contribution in [0.1, 0.15) is 25.3 Å². The van der Waals surface area contributed by atoms with E-state index in [1.807, 2.05) is 6.07 Å². The minimum absolute atomic E-state index is 0.419. The van der Waals surface area contributed by atoms with Gasteiger partial charge in [-0.1, -0.05) is 12.1 Å². The van der Waals surface area contributed by atoms with Crippen LogP contribution in [0.25, 0.3) is 0 Å². The Morgan fingerprint density at radius 1 is 1.56 bits per heavy atom. The highest BCUT2D eigenvalue weighted by Crippen LogP contribution is 2.04. The van der Waals surface area contributed by atoms with E-state index in [1.54, 1.807) is 7.11 Å². The molecule has 1 aromatic rings. The van der Waals surface area contributed by atoms with Crippen molar-refractivity contribution in [1.82, 2.24) is 15.8 Å². The second kappa shape index (κ2) is 7.38. The van der Waals surface area contributed by atoms with Crippen LogP contribution in [-0.4, -0.2) is 31.4 Å². The van der Waals surface area contributed by atoms with Gasteiger partial charge in [-0.25, -0.2) is 0 Å². The van der Waals surface area contributed by atoms with Crippen LogP contribution in [0.4, 0.5) is 0 Å². The van der Waals surface area contributed by atoms with Gasteiger partial charge in [0.05, 0.1) is 5.69 Å². The van der Waals surface area contributed by atoms with Gasteiger partial charge >= 0.3 is 0 Å². The summed E-state index contributed by atoms with van der Waals surface area (Å²) in [5.74, 6) is 0.763. The van der Waals surface area contributed by atoms with Gasteiger partial charge < -0.3 is 19.9 Å². The highest BCUT2D eigenvalue weighted by molar-refractivity contribution is 5.04. The number of nitrogens with zero attached hydrogens (tertiary/aromatic N) is 1. The summed E-state index contributed by atoms with van der Waals surface area (Å²) in [4.78, 5) is 0. The van der Waals surface area contributed by atoms with E-state index < -0.39 is 0 Å². The third kappa shape index (κ3) is 4.74. The number of aromatic nitrogens is 1. The Balaban J connectivity index is 2.25. The average molecular weight is 227 g/mol. The van der Waals surface area contributed by atoms with Crippen molar-refractivity contribution in [3.05, 3.63) is 17.5 Å². The summed E-state index contributed by atoms with van der Waals surface area (Å²) in [7, 11) is 1.64. The van der Waals surface area contributed by atoms with Gasteiger partial charge in [0.1, 0.15) is 6.61 Å². The molecule has 0 amide bonds. The Morgan fingerprint density at radius 3 is 3.06 bits per heavy atom. The van der Waals surface area contributed by atoms with Crippen molar-refractivity contribution in [2.75, 3.05) is 20.2 Å². The molecule has 1 rings (SSSR count). The van der Waals surface area contributed by atoms with E-state index in [-0.39, 0.29) is 0 Å². The van der Waals surface area contributed by atoms with Gasteiger partial charge in [-0.15, -0.1) is 0 Å². The molecule has 5 heteroatoms. The standard InChI is InChI=1S/C11H21N3O2/c1-4-12-6-9(2)13-7-10-5-11(8-15-3)16-14-10/h5,9,12-13H,4,6-8H2,1-3H3. The summed E-state index contributed by atoms with van der Waals surface area (Å²) < 4.78 is 10.0. The molecule has 0 saturated carbocycles. The number of methoxy groups -OCH3 is 1. The first kappa shape index (κ1) is 13.2. The van der Waals surface area contributed by atoms with E-state index in [0.29, 0.717) is 12.6 Å². The third-order valence-electron chi connectivity index (χ3n) is 2.23. The van der Waals surface area contributed by atoms with Crippen LogP contribution in [0, 0.1) is 0 Å². The second-order valence-corrected chi connectivity index (χ2v) is 3.81. The van der Waals surface area contributed by atoms with Crippen molar-refractivity contribution in [3.8, 4) is 0 Å². The predicted molar refractivity (Wildman–Crippen MR) is 62.1 cm³/mol. The Kier molecular flexibility index (Phi) is 6.07. The maximum Gasteiger partial charge on any atom is 0.162 e. The Labute approximate surface area is 96.5 Å². The molecule has 0 fully saturated rings. The maximum absolute atomic E-state index is 5.09. The number of nitrogens with one attached hydrogen (secondary N) is 2. The lowest BCUT2D eigenvalue weighted by Gasteiger charge is -2.12. The predicted octanol–water partition coefficient (Wildman–Crippen LogP) is 0.909. The smallest absolute Gasteiger partial charge is 0.162 e. The van der Waals surface area contributed by atoms with Gasteiger partial charge in [0.25, 0.3) is 0 Å². The SMILES string of the molecule is CCNCC(C)NCc1cc(COC)on1. The van der Waals surface area contributed by atoms with Crippen LogP contribution in [-0.2, 0) is 17.9 Å². The minimum Gasteiger partial charge on any atom is -0.377 e. The lowest BCUT2D eigenvalue weighted by molar-refractivity contribution is 0.155. The average Bonchev–Trinajstić information content (AvgIpc) is 2.72.